The number of furan rings is 1. The molecular weight excluding hydrogens is 369 g/mol. The topological polar surface area (TPSA) is 71.3 Å². The summed E-state index contributed by atoms with van der Waals surface area (Å²) >= 11 is 3.03. The Balaban J connectivity index is 2.18. The molecule has 0 bridgehead atoms. The van der Waals surface area contributed by atoms with Crippen LogP contribution in [0, 0.1) is 0 Å². The number of hydrogen-bond donors (Lipinski definition) is 2. The standard InChI is InChI=1S/C13H8BrF3N2O3/c14-10-6-5-9(22-10)11(20)18-7-3-1-2-4-8(7)19-12(21)13(15,16)17/h1-6H,(H,18,20)(H,19,21). The van der Waals surface area contributed by atoms with E-state index in [0.717, 1.165) is 0 Å². The van der Waals surface area contributed by atoms with Crippen LogP contribution in [0.4, 0.5) is 24.5 Å². The van der Waals surface area contributed by atoms with Gasteiger partial charge in [0.15, 0.2) is 10.4 Å². The number of para-hydroxylation sites is 2. The molecule has 22 heavy (non-hydrogen) atoms. The largest absolute Gasteiger partial charge is 0.471 e. The van der Waals surface area contributed by atoms with Gasteiger partial charge in [-0.05, 0) is 40.2 Å². The molecule has 2 amide bonds. The van der Waals surface area contributed by atoms with Gasteiger partial charge in [-0.3, -0.25) is 9.59 Å². The van der Waals surface area contributed by atoms with Crippen molar-refractivity contribution in [3.63, 3.8) is 0 Å². The fourth-order valence-electron chi connectivity index (χ4n) is 1.51. The number of anilines is 2. The van der Waals surface area contributed by atoms with Gasteiger partial charge in [-0.15, -0.1) is 0 Å². The van der Waals surface area contributed by atoms with E-state index in [1.165, 1.54) is 36.4 Å². The van der Waals surface area contributed by atoms with Crippen LogP contribution in [0.1, 0.15) is 10.6 Å². The zero-order valence-electron chi connectivity index (χ0n) is 10.7. The highest BCUT2D eigenvalue weighted by Crippen LogP contribution is 2.25. The van der Waals surface area contributed by atoms with E-state index >= 15 is 0 Å². The summed E-state index contributed by atoms with van der Waals surface area (Å²) in [5, 5.41) is 4.06. The molecule has 0 radical (unpaired) electrons. The Hall–Kier alpha value is -2.29. The van der Waals surface area contributed by atoms with Crippen molar-refractivity contribution in [2.24, 2.45) is 0 Å². The monoisotopic (exact) mass is 376 g/mol. The van der Waals surface area contributed by atoms with Crippen molar-refractivity contribution in [1.82, 2.24) is 0 Å². The second-order valence-electron chi connectivity index (χ2n) is 4.06. The summed E-state index contributed by atoms with van der Waals surface area (Å²) in [5.41, 5.74) is -0.165. The van der Waals surface area contributed by atoms with Crippen molar-refractivity contribution in [1.29, 1.82) is 0 Å². The van der Waals surface area contributed by atoms with Crippen molar-refractivity contribution in [3.05, 3.63) is 46.8 Å². The van der Waals surface area contributed by atoms with Crippen molar-refractivity contribution in [2.75, 3.05) is 10.6 Å². The van der Waals surface area contributed by atoms with Gasteiger partial charge in [-0.2, -0.15) is 13.2 Å². The van der Waals surface area contributed by atoms with Crippen molar-refractivity contribution in [3.8, 4) is 0 Å². The summed E-state index contributed by atoms with van der Waals surface area (Å²) in [7, 11) is 0. The average molecular weight is 377 g/mol. The number of hydrogen-bond acceptors (Lipinski definition) is 3. The van der Waals surface area contributed by atoms with Gasteiger partial charge >= 0.3 is 12.1 Å². The Labute approximate surface area is 130 Å². The van der Waals surface area contributed by atoms with Crippen molar-refractivity contribution >= 4 is 39.1 Å². The molecule has 116 valence electrons. The molecule has 0 unspecified atom stereocenters. The highest BCUT2D eigenvalue weighted by Gasteiger charge is 2.39. The molecule has 0 saturated carbocycles. The van der Waals surface area contributed by atoms with E-state index in [0.29, 0.717) is 4.67 Å². The number of nitrogens with one attached hydrogen (secondary N) is 2. The molecule has 9 heteroatoms. The summed E-state index contributed by atoms with van der Waals surface area (Å²) in [4.78, 5) is 22.9. The summed E-state index contributed by atoms with van der Waals surface area (Å²) in [6, 6.07) is 8.38. The Morgan fingerprint density at radius 2 is 1.59 bits per heavy atom. The maximum absolute atomic E-state index is 12.3. The van der Waals surface area contributed by atoms with Crippen LogP contribution in [0.2, 0.25) is 0 Å². The molecule has 5 nitrogen and oxygen atoms in total. The van der Waals surface area contributed by atoms with Gasteiger partial charge in [0.25, 0.3) is 5.91 Å². The lowest BCUT2D eigenvalue weighted by atomic mass is 10.2. The number of alkyl halides is 3. The van der Waals surface area contributed by atoms with E-state index in [4.69, 9.17) is 4.42 Å². The maximum Gasteiger partial charge on any atom is 0.471 e. The molecule has 1 aromatic carbocycles. The molecule has 0 fully saturated rings. The van der Waals surface area contributed by atoms with Crippen LogP contribution in [-0.2, 0) is 4.79 Å². The average Bonchev–Trinajstić information content (AvgIpc) is 2.86. The third-order valence-electron chi connectivity index (χ3n) is 2.48. The van der Waals surface area contributed by atoms with Crippen LogP contribution in [0.5, 0.6) is 0 Å². The second-order valence-corrected chi connectivity index (χ2v) is 4.84. The molecular formula is C13H8BrF3N2O3. The number of rotatable bonds is 3. The fourth-order valence-corrected chi connectivity index (χ4v) is 1.82. The van der Waals surface area contributed by atoms with Crippen LogP contribution in [0.25, 0.3) is 0 Å². The molecule has 0 atom stereocenters. The molecule has 2 N–H and O–H groups in total. The number of carbonyl (C=O) groups is 2. The third-order valence-corrected chi connectivity index (χ3v) is 2.90. The van der Waals surface area contributed by atoms with Gasteiger partial charge < -0.3 is 15.1 Å². The lowest BCUT2D eigenvalue weighted by Crippen LogP contribution is -2.30. The summed E-state index contributed by atoms with van der Waals surface area (Å²) in [5.74, 6) is -2.84. The molecule has 0 aliphatic carbocycles. The van der Waals surface area contributed by atoms with Crippen LogP contribution in [0.15, 0.2) is 45.5 Å². The predicted molar refractivity (Wildman–Crippen MR) is 75.5 cm³/mol. The quantitative estimate of drug-likeness (QED) is 0.855. The second kappa shape index (κ2) is 6.22. The first kappa shape index (κ1) is 16.1. The molecule has 2 aromatic rings. The number of benzene rings is 1. The summed E-state index contributed by atoms with van der Waals surface area (Å²) < 4.78 is 42.2. The van der Waals surface area contributed by atoms with E-state index in [9.17, 15) is 22.8 Å². The zero-order chi connectivity index (χ0) is 16.3. The lowest BCUT2D eigenvalue weighted by molar-refractivity contribution is -0.167. The molecule has 0 aliphatic heterocycles. The molecule has 0 spiro atoms. The van der Waals surface area contributed by atoms with E-state index in [-0.39, 0.29) is 17.1 Å². The van der Waals surface area contributed by atoms with E-state index in [1.54, 1.807) is 5.32 Å². The minimum atomic E-state index is -5.02. The third kappa shape index (κ3) is 3.88. The Morgan fingerprint density at radius 1 is 1.00 bits per heavy atom. The van der Waals surface area contributed by atoms with Crippen LogP contribution in [0.3, 0.4) is 0 Å². The van der Waals surface area contributed by atoms with Crippen LogP contribution < -0.4 is 10.6 Å². The Bertz CT molecular complexity index is 713. The van der Waals surface area contributed by atoms with Crippen LogP contribution in [-0.4, -0.2) is 18.0 Å². The Morgan fingerprint density at radius 3 is 2.09 bits per heavy atom. The first-order valence-electron chi connectivity index (χ1n) is 5.81. The number of amides is 2. The van der Waals surface area contributed by atoms with Gasteiger partial charge in [0.05, 0.1) is 11.4 Å². The highest BCUT2D eigenvalue weighted by atomic mass is 79.9. The lowest BCUT2D eigenvalue weighted by Gasteiger charge is -2.12. The van der Waals surface area contributed by atoms with Gasteiger partial charge in [0, 0.05) is 0 Å². The Kier molecular flexibility index (Phi) is 4.55. The molecule has 0 saturated heterocycles. The molecule has 1 aromatic heterocycles. The molecule has 0 aliphatic rings. The minimum Gasteiger partial charge on any atom is -0.444 e. The first-order chi connectivity index (χ1) is 10.3. The number of carbonyl (C=O) groups excluding carboxylic acids is 2. The predicted octanol–water partition coefficient (Wildman–Crippen LogP) is 3.80. The van der Waals surface area contributed by atoms with E-state index in [1.807, 2.05) is 0 Å². The van der Waals surface area contributed by atoms with Gasteiger partial charge in [-0.1, -0.05) is 12.1 Å². The van der Waals surface area contributed by atoms with E-state index in [2.05, 4.69) is 21.2 Å². The SMILES string of the molecule is O=C(Nc1ccccc1NC(=O)C(F)(F)F)c1ccc(Br)o1. The zero-order valence-corrected chi connectivity index (χ0v) is 12.3. The van der Waals surface area contributed by atoms with Gasteiger partial charge in [0.2, 0.25) is 0 Å². The van der Waals surface area contributed by atoms with Gasteiger partial charge in [0.1, 0.15) is 0 Å². The van der Waals surface area contributed by atoms with E-state index < -0.39 is 18.0 Å². The number of halogens is 4. The summed E-state index contributed by atoms with van der Waals surface area (Å²) in [6.45, 7) is 0. The van der Waals surface area contributed by atoms with Crippen LogP contribution >= 0.6 is 15.9 Å². The van der Waals surface area contributed by atoms with Crippen molar-refractivity contribution in [2.45, 2.75) is 6.18 Å². The molecule has 1 heterocycles. The normalized spacial score (nSPS) is 11.1. The fraction of sp³-hybridized carbons (Fsp3) is 0.0769. The van der Waals surface area contributed by atoms with Crippen molar-refractivity contribution < 1.29 is 27.2 Å². The smallest absolute Gasteiger partial charge is 0.444 e. The molecule has 2 rings (SSSR count). The van der Waals surface area contributed by atoms with Gasteiger partial charge in [-0.25, -0.2) is 0 Å². The summed E-state index contributed by atoms with van der Waals surface area (Å²) in [6.07, 6.45) is -5.02. The first-order valence-corrected chi connectivity index (χ1v) is 6.60. The minimum absolute atomic E-state index is 0.0117. The highest BCUT2D eigenvalue weighted by molar-refractivity contribution is 9.10. The maximum atomic E-state index is 12.3.